The summed E-state index contributed by atoms with van der Waals surface area (Å²) in [5.74, 6) is 0.0482. The molecule has 6 aromatic rings. The van der Waals surface area contributed by atoms with Crippen molar-refractivity contribution in [2.45, 2.75) is 6.61 Å². The number of nitrogens with zero attached hydrogens (tertiary/aromatic N) is 3. The van der Waals surface area contributed by atoms with Gasteiger partial charge in [-0.1, -0.05) is 51.8 Å². The number of para-hydroxylation sites is 1. The monoisotopic (exact) mass is 627 g/mol. The van der Waals surface area contributed by atoms with E-state index in [1.807, 2.05) is 12.1 Å². The standard InChI is InChI=1S/C31H19BrClN3O5/c32-22-8-10-26(40-17-18-4-3-5-19(12-18)31(38)39)21(13-22)16-34-36-29(35-25-7-2-1-6-24(25)30(36)37)28-15-20-14-23(33)9-11-27(20)41-28/h1-16H,17H2,(H,38,39). The van der Waals surface area contributed by atoms with Crippen LogP contribution in [0, 0.1) is 0 Å². The van der Waals surface area contributed by atoms with Gasteiger partial charge in [0.05, 0.1) is 22.7 Å². The summed E-state index contributed by atoms with van der Waals surface area (Å²) < 4.78 is 14.0. The van der Waals surface area contributed by atoms with Gasteiger partial charge >= 0.3 is 5.97 Å². The fourth-order valence-corrected chi connectivity index (χ4v) is 4.90. The molecule has 0 saturated heterocycles. The summed E-state index contributed by atoms with van der Waals surface area (Å²) in [4.78, 5) is 29.7. The molecule has 0 saturated carbocycles. The molecule has 0 bridgehead atoms. The Morgan fingerprint density at radius 1 is 1.05 bits per heavy atom. The van der Waals surface area contributed by atoms with Crippen molar-refractivity contribution >= 4 is 61.6 Å². The molecule has 8 nitrogen and oxygen atoms in total. The number of carboxylic acids is 1. The van der Waals surface area contributed by atoms with Gasteiger partial charge in [0, 0.05) is 20.4 Å². The van der Waals surface area contributed by atoms with Crippen LogP contribution >= 0.6 is 27.5 Å². The van der Waals surface area contributed by atoms with Crippen molar-refractivity contribution in [1.82, 2.24) is 9.66 Å². The van der Waals surface area contributed by atoms with Crippen LogP contribution in [0.5, 0.6) is 5.75 Å². The van der Waals surface area contributed by atoms with Gasteiger partial charge in [-0.15, -0.1) is 0 Å². The molecule has 10 heteroatoms. The number of halogens is 2. The molecule has 6 rings (SSSR count). The number of aromatic carboxylic acids is 1. The first-order valence-corrected chi connectivity index (χ1v) is 13.5. The number of ether oxygens (including phenoxy) is 1. The number of hydrogen-bond acceptors (Lipinski definition) is 6. The van der Waals surface area contributed by atoms with Gasteiger partial charge in [0.1, 0.15) is 17.9 Å². The molecule has 41 heavy (non-hydrogen) atoms. The molecule has 202 valence electrons. The van der Waals surface area contributed by atoms with Crippen molar-refractivity contribution in [3.8, 4) is 17.3 Å². The van der Waals surface area contributed by atoms with E-state index in [0.29, 0.717) is 44.1 Å². The molecule has 4 aromatic carbocycles. The first kappa shape index (κ1) is 26.5. The van der Waals surface area contributed by atoms with Crippen LogP contribution in [0.15, 0.2) is 110 Å². The Kier molecular flexibility index (Phi) is 7.13. The second kappa shape index (κ2) is 11.0. The molecule has 0 fully saturated rings. The van der Waals surface area contributed by atoms with Gasteiger partial charge < -0.3 is 14.3 Å². The number of rotatable bonds is 7. The number of aromatic nitrogens is 2. The quantitative estimate of drug-likeness (QED) is 0.185. The molecule has 0 aliphatic rings. The van der Waals surface area contributed by atoms with Crippen LogP contribution in [0.1, 0.15) is 21.5 Å². The molecule has 0 radical (unpaired) electrons. The Bertz CT molecular complexity index is 2050. The van der Waals surface area contributed by atoms with Gasteiger partial charge in [-0.2, -0.15) is 9.78 Å². The first-order chi connectivity index (χ1) is 19.9. The molecule has 2 aromatic heterocycles. The first-order valence-electron chi connectivity index (χ1n) is 12.4. The molecule has 1 N–H and O–H groups in total. The Morgan fingerprint density at radius 3 is 2.76 bits per heavy atom. The Labute approximate surface area is 246 Å². The van der Waals surface area contributed by atoms with Gasteiger partial charge in [-0.05, 0) is 72.3 Å². The third kappa shape index (κ3) is 5.50. The minimum atomic E-state index is -1.01. The predicted molar refractivity (Wildman–Crippen MR) is 161 cm³/mol. The molecular weight excluding hydrogens is 610 g/mol. The van der Waals surface area contributed by atoms with Gasteiger partial charge in [0.2, 0.25) is 5.82 Å². The fraction of sp³-hybridized carbons (Fsp3) is 0.0323. The second-order valence-electron chi connectivity index (χ2n) is 9.08. The number of carboxylic acid groups (broad SMARTS) is 1. The van der Waals surface area contributed by atoms with E-state index >= 15 is 0 Å². The van der Waals surface area contributed by atoms with Gasteiger partial charge in [0.15, 0.2) is 5.76 Å². The van der Waals surface area contributed by atoms with Crippen LogP contribution in [0.4, 0.5) is 0 Å². The summed E-state index contributed by atoms with van der Waals surface area (Å²) in [5.41, 5.74) is 2.18. The van der Waals surface area contributed by atoms with Crippen LogP contribution in [-0.4, -0.2) is 27.0 Å². The molecule has 0 unspecified atom stereocenters. The molecule has 2 heterocycles. The maximum atomic E-state index is 13.6. The number of furan rings is 1. The molecular formula is C31H19BrClN3O5. The number of hydrogen-bond donors (Lipinski definition) is 1. The molecule has 0 spiro atoms. The topological polar surface area (TPSA) is 107 Å². The van der Waals surface area contributed by atoms with Crippen LogP contribution in [-0.2, 0) is 6.61 Å². The third-order valence-electron chi connectivity index (χ3n) is 6.30. The third-order valence-corrected chi connectivity index (χ3v) is 7.03. The number of carbonyl (C=O) groups is 1. The lowest BCUT2D eigenvalue weighted by atomic mass is 10.1. The fourth-order valence-electron chi connectivity index (χ4n) is 4.34. The summed E-state index contributed by atoms with van der Waals surface area (Å²) in [6.45, 7) is 0.133. The summed E-state index contributed by atoms with van der Waals surface area (Å²) in [6.07, 6.45) is 1.51. The average Bonchev–Trinajstić information content (AvgIpc) is 3.39. The van der Waals surface area contributed by atoms with E-state index in [4.69, 9.17) is 25.7 Å². The minimum Gasteiger partial charge on any atom is -0.488 e. The predicted octanol–water partition coefficient (Wildman–Crippen LogP) is 7.39. The highest BCUT2D eigenvalue weighted by Crippen LogP contribution is 2.29. The van der Waals surface area contributed by atoms with Gasteiger partial charge in [-0.25, -0.2) is 9.78 Å². The second-order valence-corrected chi connectivity index (χ2v) is 10.4. The molecule has 0 atom stereocenters. The molecule has 0 aliphatic heterocycles. The van der Waals surface area contributed by atoms with E-state index in [9.17, 15) is 14.7 Å². The van der Waals surface area contributed by atoms with E-state index < -0.39 is 5.97 Å². The smallest absolute Gasteiger partial charge is 0.335 e. The zero-order chi connectivity index (χ0) is 28.5. The van der Waals surface area contributed by atoms with Crippen LogP contribution < -0.4 is 10.3 Å². The Hall–Kier alpha value is -4.73. The summed E-state index contributed by atoms with van der Waals surface area (Å²) in [6, 6.07) is 25.9. The highest BCUT2D eigenvalue weighted by atomic mass is 79.9. The molecule has 0 aliphatic carbocycles. The van der Waals surface area contributed by atoms with Gasteiger partial charge in [-0.3, -0.25) is 4.79 Å². The number of fused-ring (bicyclic) bond motifs is 2. The van der Waals surface area contributed by atoms with Crippen molar-refractivity contribution in [2.75, 3.05) is 0 Å². The normalized spacial score (nSPS) is 11.5. The zero-order valence-electron chi connectivity index (χ0n) is 21.1. The largest absolute Gasteiger partial charge is 0.488 e. The Balaban J connectivity index is 1.41. The van der Waals surface area contributed by atoms with Crippen molar-refractivity contribution < 1.29 is 19.1 Å². The lowest BCUT2D eigenvalue weighted by Gasteiger charge is -2.11. The van der Waals surface area contributed by atoms with Crippen molar-refractivity contribution in [1.29, 1.82) is 0 Å². The highest BCUT2D eigenvalue weighted by molar-refractivity contribution is 9.10. The van der Waals surface area contributed by atoms with Crippen molar-refractivity contribution in [2.24, 2.45) is 5.10 Å². The minimum absolute atomic E-state index is 0.133. The van der Waals surface area contributed by atoms with E-state index in [1.165, 1.54) is 17.0 Å². The SMILES string of the molecule is O=C(O)c1cccc(COc2ccc(Br)cc2C=Nn2c(-c3cc4cc(Cl)ccc4o3)nc3ccccc3c2=O)c1. The summed E-state index contributed by atoms with van der Waals surface area (Å²) in [7, 11) is 0. The average molecular weight is 629 g/mol. The maximum absolute atomic E-state index is 13.6. The number of benzene rings is 4. The van der Waals surface area contributed by atoms with E-state index in [2.05, 4.69) is 21.0 Å². The Morgan fingerprint density at radius 2 is 1.90 bits per heavy atom. The van der Waals surface area contributed by atoms with Crippen LogP contribution in [0.2, 0.25) is 5.02 Å². The van der Waals surface area contributed by atoms with E-state index in [-0.39, 0.29) is 23.6 Å². The summed E-state index contributed by atoms with van der Waals surface area (Å²) in [5, 5.41) is 15.5. The van der Waals surface area contributed by atoms with E-state index in [0.717, 1.165) is 9.86 Å². The van der Waals surface area contributed by atoms with Gasteiger partial charge in [0.25, 0.3) is 5.56 Å². The maximum Gasteiger partial charge on any atom is 0.335 e. The van der Waals surface area contributed by atoms with E-state index in [1.54, 1.807) is 72.8 Å². The molecule has 0 amide bonds. The van der Waals surface area contributed by atoms with Crippen molar-refractivity contribution in [3.05, 3.63) is 128 Å². The highest BCUT2D eigenvalue weighted by Gasteiger charge is 2.17. The lowest BCUT2D eigenvalue weighted by Crippen LogP contribution is -2.20. The van der Waals surface area contributed by atoms with Crippen LogP contribution in [0.3, 0.4) is 0 Å². The lowest BCUT2D eigenvalue weighted by molar-refractivity contribution is 0.0696. The van der Waals surface area contributed by atoms with Crippen LogP contribution in [0.25, 0.3) is 33.5 Å². The zero-order valence-corrected chi connectivity index (χ0v) is 23.5. The van der Waals surface area contributed by atoms with Crippen molar-refractivity contribution in [3.63, 3.8) is 0 Å². The summed E-state index contributed by atoms with van der Waals surface area (Å²) >= 11 is 9.64.